The number of anilines is 2. The van der Waals surface area contributed by atoms with Crippen LogP contribution in [0.2, 0.25) is 0 Å². The van der Waals surface area contributed by atoms with Crippen molar-refractivity contribution in [2.75, 3.05) is 18.5 Å². The lowest BCUT2D eigenvalue weighted by molar-refractivity contribution is 0.609. The third kappa shape index (κ3) is 2.15. The SMILES string of the molecule is CNC(C)CN1c2ccccc2S(=O)c2ccccc21. The molecule has 0 spiro atoms. The molecule has 0 amide bonds. The first-order valence-electron chi connectivity index (χ1n) is 6.77. The van der Waals surface area contributed by atoms with Crippen molar-refractivity contribution in [1.82, 2.24) is 5.32 Å². The van der Waals surface area contributed by atoms with E-state index < -0.39 is 10.8 Å². The fraction of sp³-hybridized carbons (Fsp3) is 0.250. The first-order chi connectivity index (χ1) is 9.72. The molecule has 2 aromatic carbocycles. The van der Waals surface area contributed by atoms with Crippen molar-refractivity contribution < 1.29 is 4.21 Å². The molecule has 0 aliphatic carbocycles. The predicted molar refractivity (Wildman–Crippen MR) is 83.1 cm³/mol. The van der Waals surface area contributed by atoms with Crippen molar-refractivity contribution in [2.24, 2.45) is 0 Å². The van der Waals surface area contributed by atoms with Crippen molar-refractivity contribution in [3.8, 4) is 0 Å². The zero-order valence-electron chi connectivity index (χ0n) is 11.7. The summed E-state index contributed by atoms with van der Waals surface area (Å²) in [5.41, 5.74) is 2.10. The number of fused-ring (bicyclic) bond motifs is 2. The summed E-state index contributed by atoms with van der Waals surface area (Å²) in [4.78, 5) is 4.05. The van der Waals surface area contributed by atoms with Crippen LogP contribution in [0.15, 0.2) is 58.3 Å². The Morgan fingerprint density at radius 3 is 2.05 bits per heavy atom. The minimum Gasteiger partial charge on any atom is -0.338 e. The molecule has 3 nitrogen and oxygen atoms in total. The van der Waals surface area contributed by atoms with Gasteiger partial charge in [0.2, 0.25) is 0 Å². The van der Waals surface area contributed by atoms with E-state index in [2.05, 4.69) is 17.1 Å². The van der Waals surface area contributed by atoms with Crippen LogP contribution in [0.5, 0.6) is 0 Å². The van der Waals surface area contributed by atoms with Crippen LogP contribution < -0.4 is 10.2 Å². The highest BCUT2D eigenvalue weighted by molar-refractivity contribution is 7.85. The van der Waals surface area contributed by atoms with Crippen LogP contribution in [0.1, 0.15) is 6.92 Å². The second-order valence-corrected chi connectivity index (χ2v) is 6.42. The number of rotatable bonds is 3. The first-order valence-corrected chi connectivity index (χ1v) is 7.92. The Kier molecular flexibility index (Phi) is 3.59. The fourth-order valence-corrected chi connectivity index (χ4v) is 3.86. The molecular formula is C16H18N2OS. The van der Waals surface area contributed by atoms with Crippen LogP contribution in [0.3, 0.4) is 0 Å². The standard InChI is InChI=1S/C16H18N2OS/c1-12(17-2)11-18-13-7-3-5-9-15(13)20(19)16-10-6-4-8-14(16)18/h3-10,12,17H,11H2,1-2H3. The number of nitrogens with one attached hydrogen (secondary N) is 1. The van der Waals surface area contributed by atoms with Gasteiger partial charge < -0.3 is 10.2 Å². The highest BCUT2D eigenvalue weighted by Gasteiger charge is 2.27. The molecule has 0 bridgehead atoms. The number of benzene rings is 2. The quantitative estimate of drug-likeness (QED) is 0.941. The molecule has 1 unspecified atom stereocenters. The number of likely N-dealkylation sites (N-methyl/N-ethyl adjacent to an activating group) is 1. The molecule has 4 heteroatoms. The lowest BCUT2D eigenvalue weighted by Gasteiger charge is -2.34. The summed E-state index contributed by atoms with van der Waals surface area (Å²) in [5.74, 6) is 0. The number of nitrogens with zero attached hydrogens (tertiary/aromatic N) is 1. The summed E-state index contributed by atoms with van der Waals surface area (Å²) >= 11 is 0. The van der Waals surface area contributed by atoms with Gasteiger partial charge in [-0.05, 0) is 38.2 Å². The summed E-state index contributed by atoms with van der Waals surface area (Å²) in [6.45, 7) is 3.00. The number of hydrogen-bond acceptors (Lipinski definition) is 3. The topological polar surface area (TPSA) is 32.3 Å². The van der Waals surface area contributed by atoms with Crippen LogP contribution in [0.25, 0.3) is 0 Å². The summed E-state index contributed by atoms with van der Waals surface area (Å²) < 4.78 is 12.7. The van der Waals surface area contributed by atoms with E-state index in [1.54, 1.807) is 0 Å². The molecule has 3 rings (SSSR count). The van der Waals surface area contributed by atoms with Gasteiger partial charge in [0, 0.05) is 12.6 Å². The third-order valence-electron chi connectivity index (χ3n) is 3.66. The van der Waals surface area contributed by atoms with Gasteiger partial charge in [0.15, 0.2) is 0 Å². The zero-order chi connectivity index (χ0) is 14.1. The average Bonchev–Trinajstić information content (AvgIpc) is 2.51. The molecule has 20 heavy (non-hydrogen) atoms. The highest BCUT2D eigenvalue weighted by atomic mass is 32.2. The lowest BCUT2D eigenvalue weighted by Crippen LogP contribution is -2.37. The molecular weight excluding hydrogens is 268 g/mol. The van der Waals surface area contributed by atoms with Crippen molar-refractivity contribution in [3.05, 3.63) is 48.5 Å². The van der Waals surface area contributed by atoms with Gasteiger partial charge in [0.05, 0.1) is 32.0 Å². The molecule has 1 atom stereocenters. The van der Waals surface area contributed by atoms with E-state index in [1.165, 1.54) is 0 Å². The van der Waals surface area contributed by atoms with E-state index in [-0.39, 0.29) is 0 Å². The highest BCUT2D eigenvalue weighted by Crippen LogP contribution is 2.41. The average molecular weight is 286 g/mol. The van der Waals surface area contributed by atoms with Gasteiger partial charge in [-0.1, -0.05) is 24.3 Å². The van der Waals surface area contributed by atoms with Gasteiger partial charge in [-0.3, -0.25) is 0 Å². The Bertz CT molecular complexity index is 607. The molecule has 1 aliphatic rings. The first kappa shape index (κ1) is 13.3. The van der Waals surface area contributed by atoms with Crippen LogP contribution >= 0.6 is 0 Å². The van der Waals surface area contributed by atoms with Crippen LogP contribution in [-0.2, 0) is 10.8 Å². The maximum atomic E-state index is 12.7. The van der Waals surface area contributed by atoms with Gasteiger partial charge in [-0.2, -0.15) is 0 Å². The van der Waals surface area contributed by atoms with E-state index in [0.29, 0.717) is 6.04 Å². The monoisotopic (exact) mass is 286 g/mol. The maximum absolute atomic E-state index is 12.7. The molecule has 0 saturated carbocycles. The second kappa shape index (κ2) is 5.38. The Labute approximate surface area is 122 Å². The molecule has 104 valence electrons. The van der Waals surface area contributed by atoms with Crippen LogP contribution in [0, 0.1) is 0 Å². The molecule has 1 aliphatic heterocycles. The molecule has 1 N–H and O–H groups in total. The smallest absolute Gasteiger partial charge is 0.0892 e. The number of para-hydroxylation sites is 2. The minimum absolute atomic E-state index is 0.350. The van der Waals surface area contributed by atoms with Gasteiger partial charge in [0.25, 0.3) is 0 Å². The molecule has 1 heterocycles. The summed E-state index contributed by atoms with van der Waals surface area (Å²) in [6.07, 6.45) is 0. The Balaban J connectivity index is 2.14. The van der Waals surface area contributed by atoms with Crippen molar-refractivity contribution in [2.45, 2.75) is 22.8 Å². The maximum Gasteiger partial charge on any atom is 0.0892 e. The minimum atomic E-state index is -1.09. The summed E-state index contributed by atoms with van der Waals surface area (Å²) in [5, 5.41) is 3.27. The Morgan fingerprint density at radius 2 is 1.55 bits per heavy atom. The normalized spacial score (nSPS) is 15.6. The molecule has 0 saturated heterocycles. The van der Waals surface area contributed by atoms with Crippen LogP contribution in [0.4, 0.5) is 11.4 Å². The van der Waals surface area contributed by atoms with Crippen molar-refractivity contribution in [1.29, 1.82) is 0 Å². The van der Waals surface area contributed by atoms with Gasteiger partial charge in [-0.15, -0.1) is 0 Å². The molecule has 2 aromatic rings. The van der Waals surface area contributed by atoms with E-state index >= 15 is 0 Å². The zero-order valence-corrected chi connectivity index (χ0v) is 12.5. The van der Waals surface area contributed by atoms with Crippen molar-refractivity contribution >= 4 is 22.2 Å². The molecule has 0 aromatic heterocycles. The van der Waals surface area contributed by atoms with Gasteiger partial charge in [-0.25, -0.2) is 4.21 Å². The van der Waals surface area contributed by atoms with Crippen molar-refractivity contribution in [3.63, 3.8) is 0 Å². The molecule has 0 radical (unpaired) electrons. The Morgan fingerprint density at radius 1 is 1.05 bits per heavy atom. The second-order valence-electron chi connectivity index (χ2n) is 5.00. The number of hydrogen-bond donors (Lipinski definition) is 1. The van der Waals surface area contributed by atoms with Crippen LogP contribution in [-0.4, -0.2) is 23.8 Å². The molecule has 0 fully saturated rings. The summed E-state index contributed by atoms with van der Waals surface area (Å²) in [7, 11) is 0.873. The van der Waals surface area contributed by atoms with Gasteiger partial charge in [0.1, 0.15) is 0 Å². The largest absolute Gasteiger partial charge is 0.338 e. The van der Waals surface area contributed by atoms with Gasteiger partial charge >= 0.3 is 0 Å². The van der Waals surface area contributed by atoms with E-state index in [1.807, 2.05) is 55.6 Å². The van der Waals surface area contributed by atoms with E-state index in [4.69, 9.17) is 0 Å². The summed E-state index contributed by atoms with van der Waals surface area (Å²) in [6, 6.07) is 16.3. The fourth-order valence-electron chi connectivity index (χ4n) is 2.48. The van der Waals surface area contributed by atoms with E-state index in [9.17, 15) is 4.21 Å². The predicted octanol–water partition coefficient (Wildman–Crippen LogP) is 2.91. The van der Waals surface area contributed by atoms with E-state index in [0.717, 1.165) is 27.7 Å². The third-order valence-corrected chi connectivity index (χ3v) is 5.15. The lowest BCUT2D eigenvalue weighted by atomic mass is 10.2. The Hall–Kier alpha value is -1.65.